The molecule has 1 aromatic rings. The maximum atomic E-state index is 11.8. The van der Waals surface area contributed by atoms with Crippen LogP contribution in [-0.4, -0.2) is 37.8 Å². The van der Waals surface area contributed by atoms with Crippen LogP contribution in [0.5, 0.6) is 0 Å². The number of hydrogen-bond donors (Lipinski definition) is 1. The number of nitrogens with zero attached hydrogens (tertiary/aromatic N) is 1. The maximum Gasteiger partial charge on any atom is 0.323 e. The third-order valence-corrected chi connectivity index (χ3v) is 2.83. The van der Waals surface area contributed by atoms with Crippen LogP contribution >= 0.6 is 23.2 Å². The van der Waals surface area contributed by atoms with Gasteiger partial charge in [-0.3, -0.25) is 4.79 Å². The summed E-state index contributed by atoms with van der Waals surface area (Å²) in [4.78, 5) is 15.6. The van der Waals surface area contributed by atoms with Gasteiger partial charge in [-0.05, 0) is 31.2 Å². The van der Waals surface area contributed by atoms with Gasteiger partial charge in [0.2, 0.25) is 0 Å². The summed E-state index contributed by atoms with van der Waals surface area (Å²) >= 11 is 11.5. The maximum absolute atomic E-state index is 11.8. The van der Waals surface area contributed by atoms with Crippen LogP contribution in [0, 0.1) is 0 Å². The minimum Gasteiger partial charge on any atom is -0.460 e. The van der Waals surface area contributed by atoms with Crippen molar-refractivity contribution in [1.82, 2.24) is 10.3 Å². The molecule has 1 rings (SSSR count). The molecular formula is C12H16Cl2N2O3. The molecule has 1 N–H and O–H groups in total. The molecule has 0 spiro atoms. The number of carbonyl (C=O) groups excluding carboxylic acids is 1. The van der Waals surface area contributed by atoms with Gasteiger partial charge in [-0.2, -0.15) is 0 Å². The predicted molar refractivity (Wildman–Crippen MR) is 73.4 cm³/mol. The standard InChI is InChI=1S/C12H16Cl2N2O3/c1-15-9(3-4-18-2)12(17)19-7-8-5-10(13)16-11(14)6-8/h5-6,9,15H,3-4,7H2,1-2H3/t9-/m0/s1. The van der Waals surface area contributed by atoms with Crippen LogP contribution in [0.25, 0.3) is 0 Å². The summed E-state index contributed by atoms with van der Waals surface area (Å²) in [7, 11) is 3.28. The van der Waals surface area contributed by atoms with E-state index in [-0.39, 0.29) is 22.9 Å². The highest BCUT2D eigenvalue weighted by Gasteiger charge is 2.17. The van der Waals surface area contributed by atoms with Gasteiger partial charge >= 0.3 is 5.97 Å². The number of likely N-dealkylation sites (N-methyl/N-ethyl adjacent to an activating group) is 1. The molecule has 1 atom stereocenters. The van der Waals surface area contributed by atoms with Crippen LogP contribution in [0.4, 0.5) is 0 Å². The number of hydrogen-bond acceptors (Lipinski definition) is 5. The van der Waals surface area contributed by atoms with Crippen LogP contribution in [0.3, 0.4) is 0 Å². The summed E-state index contributed by atoms with van der Waals surface area (Å²) in [6.45, 7) is 0.583. The Bertz CT molecular complexity index is 409. The third-order valence-electron chi connectivity index (χ3n) is 2.45. The molecule has 0 bridgehead atoms. The van der Waals surface area contributed by atoms with Crippen molar-refractivity contribution in [1.29, 1.82) is 0 Å². The molecule has 0 saturated heterocycles. The first-order valence-electron chi connectivity index (χ1n) is 5.71. The number of halogens is 2. The van der Waals surface area contributed by atoms with E-state index in [2.05, 4.69) is 10.3 Å². The summed E-state index contributed by atoms with van der Waals surface area (Å²) in [6.07, 6.45) is 0.545. The van der Waals surface area contributed by atoms with E-state index in [1.165, 1.54) is 0 Å². The zero-order valence-electron chi connectivity index (χ0n) is 10.8. The second-order valence-electron chi connectivity index (χ2n) is 3.85. The lowest BCUT2D eigenvalue weighted by Crippen LogP contribution is -2.36. The van der Waals surface area contributed by atoms with Crippen molar-refractivity contribution in [2.75, 3.05) is 20.8 Å². The van der Waals surface area contributed by atoms with Crippen molar-refractivity contribution in [2.45, 2.75) is 19.1 Å². The van der Waals surface area contributed by atoms with Crippen molar-refractivity contribution in [3.63, 3.8) is 0 Å². The first-order valence-corrected chi connectivity index (χ1v) is 6.47. The predicted octanol–water partition coefficient (Wildman–Crippen LogP) is 2.06. The second kappa shape index (κ2) is 8.32. The molecule has 0 aliphatic carbocycles. The van der Waals surface area contributed by atoms with Gasteiger partial charge in [-0.25, -0.2) is 4.98 Å². The first kappa shape index (κ1) is 16.2. The minimum absolute atomic E-state index is 0.103. The molecule has 0 amide bonds. The largest absolute Gasteiger partial charge is 0.460 e. The van der Waals surface area contributed by atoms with E-state index in [1.807, 2.05) is 0 Å². The van der Waals surface area contributed by atoms with Crippen molar-refractivity contribution in [3.05, 3.63) is 28.0 Å². The average Bonchev–Trinajstić information content (AvgIpc) is 2.36. The van der Waals surface area contributed by atoms with Gasteiger partial charge < -0.3 is 14.8 Å². The molecule has 106 valence electrons. The van der Waals surface area contributed by atoms with E-state index in [9.17, 15) is 4.79 Å². The number of esters is 1. The van der Waals surface area contributed by atoms with E-state index in [4.69, 9.17) is 32.7 Å². The molecule has 0 saturated carbocycles. The molecule has 0 aromatic carbocycles. The summed E-state index contributed by atoms with van der Waals surface area (Å²) in [5.41, 5.74) is 0.694. The second-order valence-corrected chi connectivity index (χ2v) is 4.63. The van der Waals surface area contributed by atoms with Crippen molar-refractivity contribution in [2.24, 2.45) is 0 Å². The van der Waals surface area contributed by atoms with Crippen molar-refractivity contribution in [3.8, 4) is 0 Å². The fraction of sp³-hybridized carbons (Fsp3) is 0.500. The van der Waals surface area contributed by atoms with Crippen LogP contribution in [0.15, 0.2) is 12.1 Å². The molecule has 5 nitrogen and oxygen atoms in total. The smallest absolute Gasteiger partial charge is 0.323 e. The van der Waals surface area contributed by atoms with Gasteiger partial charge in [0.15, 0.2) is 0 Å². The van der Waals surface area contributed by atoms with Gasteiger partial charge in [0.1, 0.15) is 23.0 Å². The molecule has 0 unspecified atom stereocenters. The minimum atomic E-state index is -0.396. The lowest BCUT2D eigenvalue weighted by Gasteiger charge is -2.14. The zero-order valence-corrected chi connectivity index (χ0v) is 12.3. The quantitative estimate of drug-likeness (QED) is 0.617. The fourth-order valence-corrected chi connectivity index (χ4v) is 1.97. The first-order chi connectivity index (χ1) is 9.06. The van der Waals surface area contributed by atoms with Gasteiger partial charge in [0, 0.05) is 13.7 Å². The summed E-state index contributed by atoms with van der Waals surface area (Å²) < 4.78 is 10.1. The van der Waals surface area contributed by atoms with E-state index in [0.29, 0.717) is 18.6 Å². The van der Waals surface area contributed by atoms with E-state index in [0.717, 1.165) is 0 Å². The number of aromatic nitrogens is 1. The molecular weight excluding hydrogens is 291 g/mol. The highest BCUT2D eigenvalue weighted by Crippen LogP contribution is 2.15. The van der Waals surface area contributed by atoms with Crippen molar-refractivity contribution >= 4 is 29.2 Å². The Kier molecular flexibility index (Phi) is 7.09. The summed E-state index contributed by atoms with van der Waals surface area (Å²) in [5, 5.41) is 3.41. The molecule has 1 heterocycles. The molecule has 0 radical (unpaired) electrons. The Morgan fingerprint density at radius 3 is 2.58 bits per heavy atom. The Morgan fingerprint density at radius 1 is 1.42 bits per heavy atom. The molecule has 1 aromatic heterocycles. The Labute approximate surface area is 122 Å². The van der Waals surface area contributed by atoms with E-state index in [1.54, 1.807) is 26.3 Å². The zero-order chi connectivity index (χ0) is 14.3. The lowest BCUT2D eigenvalue weighted by atomic mass is 10.2. The lowest BCUT2D eigenvalue weighted by molar-refractivity contribution is -0.147. The third kappa shape index (κ3) is 5.74. The normalized spacial score (nSPS) is 12.2. The van der Waals surface area contributed by atoms with Crippen LogP contribution in [-0.2, 0) is 20.9 Å². The Hall–Kier alpha value is -0.880. The van der Waals surface area contributed by atoms with E-state index < -0.39 is 6.04 Å². The summed E-state index contributed by atoms with van der Waals surface area (Å²) in [6, 6.07) is 2.81. The number of carbonyl (C=O) groups is 1. The number of nitrogens with one attached hydrogen (secondary N) is 1. The number of pyridine rings is 1. The monoisotopic (exact) mass is 306 g/mol. The molecule has 0 aliphatic heterocycles. The topological polar surface area (TPSA) is 60.5 Å². The summed E-state index contributed by atoms with van der Waals surface area (Å²) in [5.74, 6) is -0.344. The van der Waals surface area contributed by atoms with Crippen LogP contribution < -0.4 is 5.32 Å². The Morgan fingerprint density at radius 2 is 2.05 bits per heavy atom. The molecule has 0 aliphatic rings. The molecule has 7 heteroatoms. The number of methoxy groups -OCH3 is 1. The highest BCUT2D eigenvalue weighted by atomic mass is 35.5. The van der Waals surface area contributed by atoms with Crippen LogP contribution in [0.2, 0.25) is 10.3 Å². The van der Waals surface area contributed by atoms with Gasteiger partial charge in [0.05, 0.1) is 0 Å². The highest BCUT2D eigenvalue weighted by molar-refractivity contribution is 6.32. The molecule has 19 heavy (non-hydrogen) atoms. The van der Waals surface area contributed by atoms with Crippen LogP contribution in [0.1, 0.15) is 12.0 Å². The van der Waals surface area contributed by atoms with Gasteiger partial charge in [-0.1, -0.05) is 23.2 Å². The van der Waals surface area contributed by atoms with Crippen molar-refractivity contribution < 1.29 is 14.3 Å². The fourth-order valence-electron chi connectivity index (χ4n) is 1.47. The van der Waals surface area contributed by atoms with Gasteiger partial charge in [-0.15, -0.1) is 0 Å². The average molecular weight is 307 g/mol. The molecule has 0 fully saturated rings. The van der Waals surface area contributed by atoms with Gasteiger partial charge in [0.25, 0.3) is 0 Å². The SMILES string of the molecule is CN[C@@H](CCOC)C(=O)OCc1cc(Cl)nc(Cl)c1. The number of ether oxygens (including phenoxy) is 2. The Balaban J connectivity index is 2.52. The van der Waals surface area contributed by atoms with E-state index >= 15 is 0 Å². The number of rotatable bonds is 7.